The molecule has 0 fully saturated rings. The molecule has 0 aliphatic heterocycles. The van der Waals surface area contributed by atoms with Gasteiger partial charge in [-0.2, -0.15) is 4.98 Å². The number of nitrogens with zero attached hydrogens (tertiary/aromatic N) is 2. The first kappa shape index (κ1) is 14.1. The average Bonchev–Trinajstić information content (AvgIpc) is 2.37. The van der Waals surface area contributed by atoms with Gasteiger partial charge in [0.1, 0.15) is 17.4 Å². The predicted molar refractivity (Wildman–Crippen MR) is 77.5 cm³/mol. The van der Waals surface area contributed by atoms with E-state index in [9.17, 15) is 4.39 Å². The van der Waals surface area contributed by atoms with Crippen LogP contribution in [0.5, 0.6) is 11.6 Å². The van der Waals surface area contributed by atoms with Gasteiger partial charge in [-0.1, -0.05) is 27.7 Å². The van der Waals surface area contributed by atoms with Gasteiger partial charge in [0.05, 0.1) is 0 Å². The molecular weight excluding hydrogens is 333 g/mol. The van der Waals surface area contributed by atoms with Crippen molar-refractivity contribution in [3.8, 4) is 11.6 Å². The second kappa shape index (κ2) is 6.21. The van der Waals surface area contributed by atoms with Crippen molar-refractivity contribution in [1.29, 1.82) is 0 Å². The molecular formula is C12H11BrFN3OS. The van der Waals surface area contributed by atoms with Crippen LogP contribution in [0.1, 0.15) is 0 Å². The molecule has 1 N–H and O–H groups in total. The second-order valence-electron chi connectivity index (χ2n) is 3.54. The summed E-state index contributed by atoms with van der Waals surface area (Å²) in [6, 6.07) is 5.98. The fourth-order valence-electron chi connectivity index (χ4n) is 1.38. The summed E-state index contributed by atoms with van der Waals surface area (Å²) in [5, 5.41) is 3.50. The Labute approximate surface area is 122 Å². The molecule has 0 saturated heterocycles. The molecule has 1 aromatic carbocycles. The minimum atomic E-state index is -0.377. The Morgan fingerprint density at radius 3 is 2.68 bits per heavy atom. The summed E-state index contributed by atoms with van der Waals surface area (Å²) >= 11 is 4.62. The molecule has 0 aliphatic carbocycles. The van der Waals surface area contributed by atoms with Gasteiger partial charge < -0.3 is 10.1 Å². The molecule has 2 rings (SSSR count). The molecule has 2 aromatic rings. The SMILES string of the molecule is CNc1cc(Oc2cc(F)cc(Br)c2)nc(SC)n1. The van der Waals surface area contributed by atoms with Gasteiger partial charge in [0.25, 0.3) is 0 Å². The Morgan fingerprint density at radius 2 is 2.05 bits per heavy atom. The normalized spacial score (nSPS) is 10.3. The zero-order chi connectivity index (χ0) is 13.8. The molecule has 4 nitrogen and oxygen atoms in total. The Hall–Kier alpha value is -1.34. The molecule has 1 heterocycles. The number of ether oxygens (including phenoxy) is 1. The zero-order valence-electron chi connectivity index (χ0n) is 10.3. The molecule has 0 amide bonds. The fraction of sp³-hybridized carbons (Fsp3) is 0.167. The van der Waals surface area contributed by atoms with Gasteiger partial charge in [-0.05, 0) is 18.4 Å². The van der Waals surface area contributed by atoms with Crippen LogP contribution in [0, 0.1) is 5.82 Å². The predicted octanol–water partition coefficient (Wildman–Crippen LogP) is 3.93. The number of halogens is 2. The molecule has 0 unspecified atom stereocenters. The van der Waals surface area contributed by atoms with Crippen molar-refractivity contribution in [2.45, 2.75) is 5.16 Å². The second-order valence-corrected chi connectivity index (χ2v) is 5.22. The van der Waals surface area contributed by atoms with Crippen LogP contribution in [0.25, 0.3) is 0 Å². The third kappa shape index (κ3) is 3.81. The van der Waals surface area contributed by atoms with Crippen LogP contribution in [0.15, 0.2) is 33.9 Å². The number of thioether (sulfide) groups is 1. The van der Waals surface area contributed by atoms with Crippen molar-refractivity contribution in [1.82, 2.24) is 9.97 Å². The smallest absolute Gasteiger partial charge is 0.225 e. The first-order valence-corrected chi connectivity index (χ1v) is 7.37. The van der Waals surface area contributed by atoms with E-state index in [1.165, 1.54) is 23.9 Å². The number of nitrogens with one attached hydrogen (secondary N) is 1. The number of hydrogen-bond donors (Lipinski definition) is 1. The van der Waals surface area contributed by atoms with E-state index < -0.39 is 0 Å². The minimum Gasteiger partial charge on any atom is -0.439 e. The summed E-state index contributed by atoms with van der Waals surface area (Å²) in [6.07, 6.45) is 1.87. The standard InChI is InChI=1S/C12H11BrFN3OS/c1-15-10-6-11(17-12(16-10)19-2)18-9-4-7(13)3-8(14)5-9/h3-6H,1-2H3,(H,15,16,17). The van der Waals surface area contributed by atoms with Crippen LogP contribution < -0.4 is 10.1 Å². The molecule has 0 atom stereocenters. The monoisotopic (exact) mass is 343 g/mol. The van der Waals surface area contributed by atoms with E-state index in [0.29, 0.717) is 27.1 Å². The summed E-state index contributed by atoms with van der Waals surface area (Å²) in [4.78, 5) is 8.43. The van der Waals surface area contributed by atoms with Gasteiger partial charge in [-0.15, -0.1) is 0 Å². The Balaban J connectivity index is 2.31. The highest BCUT2D eigenvalue weighted by molar-refractivity contribution is 9.10. The first-order chi connectivity index (χ1) is 9.10. The van der Waals surface area contributed by atoms with Gasteiger partial charge in [0.15, 0.2) is 5.16 Å². The number of hydrogen-bond acceptors (Lipinski definition) is 5. The van der Waals surface area contributed by atoms with Gasteiger partial charge in [0.2, 0.25) is 5.88 Å². The maximum atomic E-state index is 13.3. The summed E-state index contributed by atoms with van der Waals surface area (Å²) in [5.41, 5.74) is 0. The van der Waals surface area contributed by atoms with E-state index in [1.807, 2.05) is 6.26 Å². The van der Waals surface area contributed by atoms with E-state index in [1.54, 1.807) is 19.2 Å². The van der Waals surface area contributed by atoms with Crippen LogP contribution in [0.4, 0.5) is 10.2 Å². The topological polar surface area (TPSA) is 47.0 Å². The molecule has 0 radical (unpaired) electrons. The van der Waals surface area contributed by atoms with E-state index in [4.69, 9.17) is 4.74 Å². The lowest BCUT2D eigenvalue weighted by Crippen LogP contribution is -1.98. The lowest BCUT2D eigenvalue weighted by Gasteiger charge is -2.08. The zero-order valence-corrected chi connectivity index (χ0v) is 12.7. The highest BCUT2D eigenvalue weighted by atomic mass is 79.9. The first-order valence-electron chi connectivity index (χ1n) is 5.35. The molecule has 7 heteroatoms. The maximum absolute atomic E-state index is 13.3. The number of aromatic nitrogens is 2. The summed E-state index contributed by atoms with van der Waals surface area (Å²) in [7, 11) is 1.76. The number of anilines is 1. The van der Waals surface area contributed by atoms with E-state index in [0.717, 1.165) is 0 Å². The fourth-order valence-corrected chi connectivity index (χ4v) is 2.20. The molecule has 100 valence electrons. The van der Waals surface area contributed by atoms with Crippen LogP contribution in [-0.4, -0.2) is 23.3 Å². The van der Waals surface area contributed by atoms with Crippen LogP contribution in [-0.2, 0) is 0 Å². The highest BCUT2D eigenvalue weighted by Crippen LogP contribution is 2.27. The maximum Gasteiger partial charge on any atom is 0.225 e. The van der Waals surface area contributed by atoms with Crippen molar-refractivity contribution in [2.24, 2.45) is 0 Å². The molecule has 19 heavy (non-hydrogen) atoms. The van der Waals surface area contributed by atoms with Crippen molar-refractivity contribution in [3.63, 3.8) is 0 Å². The summed E-state index contributed by atoms with van der Waals surface area (Å²) in [5.74, 6) is 1.00. The van der Waals surface area contributed by atoms with Crippen molar-refractivity contribution in [2.75, 3.05) is 18.6 Å². The van der Waals surface area contributed by atoms with Gasteiger partial charge in [-0.25, -0.2) is 9.37 Å². The number of rotatable bonds is 4. The lowest BCUT2D eigenvalue weighted by atomic mass is 10.3. The van der Waals surface area contributed by atoms with Gasteiger partial charge in [0, 0.05) is 23.7 Å². The quantitative estimate of drug-likeness (QED) is 0.673. The largest absolute Gasteiger partial charge is 0.439 e. The Bertz CT molecular complexity index is 555. The van der Waals surface area contributed by atoms with Gasteiger partial charge >= 0.3 is 0 Å². The Kier molecular flexibility index (Phi) is 4.60. The van der Waals surface area contributed by atoms with Crippen LogP contribution >= 0.6 is 27.7 Å². The Morgan fingerprint density at radius 1 is 1.26 bits per heavy atom. The summed E-state index contributed by atoms with van der Waals surface area (Å²) < 4.78 is 19.4. The molecule has 1 aromatic heterocycles. The summed E-state index contributed by atoms with van der Waals surface area (Å²) in [6.45, 7) is 0. The molecule has 0 saturated carbocycles. The van der Waals surface area contributed by atoms with E-state index in [2.05, 4.69) is 31.2 Å². The average molecular weight is 344 g/mol. The minimum absolute atomic E-state index is 0.362. The highest BCUT2D eigenvalue weighted by Gasteiger charge is 2.07. The van der Waals surface area contributed by atoms with Crippen LogP contribution in [0.3, 0.4) is 0 Å². The van der Waals surface area contributed by atoms with Crippen molar-refractivity contribution in [3.05, 3.63) is 34.6 Å². The van der Waals surface area contributed by atoms with Crippen LogP contribution in [0.2, 0.25) is 0 Å². The van der Waals surface area contributed by atoms with Crippen molar-refractivity contribution < 1.29 is 9.13 Å². The number of benzene rings is 1. The van der Waals surface area contributed by atoms with Gasteiger partial charge in [-0.3, -0.25) is 0 Å². The van der Waals surface area contributed by atoms with Crippen molar-refractivity contribution >= 4 is 33.5 Å². The van der Waals surface area contributed by atoms with E-state index in [-0.39, 0.29) is 5.82 Å². The third-order valence-electron chi connectivity index (χ3n) is 2.18. The molecule has 0 bridgehead atoms. The third-order valence-corrected chi connectivity index (χ3v) is 3.18. The lowest BCUT2D eigenvalue weighted by molar-refractivity contribution is 0.451. The molecule has 0 spiro atoms. The van der Waals surface area contributed by atoms with E-state index >= 15 is 0 Å². The molecule has 0 aliphatic rings.